The van der Waals surface area contributed by atoms with Gasteiger partial charge < -0.3 is 5.73 Å². The van der Waals surface area contributed by atoms with Crippen LogP contribution in [-0.2, 0) is 0 Å². The van der Waals surface area contributed by atoms with E-state index >= 15 is 0 Å². The Labute approximate surface area is 100 Å². The van der Waals surface area contributed by atoms with Crippen LogP contribution in [0.4, 0.5) is 10.2 Å². The van der Waals surface area contributed by atoms with Crippen LogP contribution >= 0.6 is 0 Å². The van der Waals surface area contributed by atoms with Gasteiger partial charge in [0.25, 0.3) is 0 Å². The molecule has 0 saturated heterocycles. The Morgan fingerprint density at radius 3 is 2.53 bits per heavy atom. The third-order valence-corrected chi connectivity index (χ3v) is 2.73. The van der Waals surface area contributed by atoms with Crippen molar-refractivity contribution in [1.29, 1.82) is 0 Å². The first-order valence-electron chi connectivity index (χ1n) is 5.59. The lowest BCUT2D eigenvalue weighted by molar-refractivity contribution is 0.627. The van der Waals surface area contributed by atoms with E-state index in [0.717, 1.165) is 16.7 Å². The number of aromatic nitrogens is 1. The maximum absolute atomic E-state index is 13.3. The molecule has 0 saturated carbocycles. The van der Waals surface area contributed by atoms with E-state index in [1.54, 1.807) is 18.3 Å². The molecular weight excluding hydrogens is 215 g/mol. The number of hydrogen-bond donors (Lipinski definition) is 1. The van der Waals surface area contributed by atoms with E-state index in [9.17, 15) is 4.39 Å². The molecule has 0 spiro atoms. The molecule has 0 bridgehead atoms. The fourth-order valence-corrected chi connectivity index (χ4v) is 1.85. The predicted octanol–water partition coefficient (Wildman–Crippen LogP) is 3.59. The molecule has 3 heteroatoms. The van der Waals surface area contributed by atoms with Gasteiger partial charge in [0.1, 0.15) is 11.6 Å². The summed E-state index contributed by atoms with van der Waals surface area (Å²) < 4.78 is 13.3. The molecular formula is C14H15FN2. The van der Waals surface area contributed by atoms with Gasteiger partial charge in [0.15, 0.2) is 0 Å². The smallest absolute Gasteiger partial charge is 0.123 e. The van der Waals surface area contributed by atoms with E-state index in [1.807, 2.05) is 12.1 Å². The average Bonchev–Trinajstić information content (AvgIpc) is 2.29. The number of rotatable bonds is 2. The van der Waals surface area contributed by atoms with Crippen LogP contribution in [0.2, 0.25) is 0 Å². The molecule has 88 valence electrons. The summed E-state index contributed by atoms with van der Waals surface area (Å²) in [6.45, 7) is 4.17. The average molecular weight is 230 g/mol. The summed E-state index contributed by atoms with van der Waals surface area (Å²) in [4.78, 5) is 4.04. The zero-order valence-corrected chi connectivity index (χ0v) is 9.94. The Hall–Kier alpha value is -1.90. The van der Waals surface area contributed by atoms with E-state index in [0.29, 0.717) is 11.7 Å². The van der Waals surface area contributed by atoms with Crippen LogP contribution < -0.4 is 5.73 Å². The Morgan fingerprint density at radius 1 is 1.18 bits per heavy atom. The van der Waals surface area contributed by atoms with Crippen LogP contribution in [0.5, 0.6) is 0 Å². The van der Waals surface area contributed by atoms with Crippen molar-refractivity contribution < 1.29 is 4.39 Å². The molecule has 0 aliphatic heterocycles. The van der Waals surface area contributed by atoms with E-state index in [2.05, 4.69) is 18.8 Å². The number of nitrogens with zero attached hydrogens (tertiary/aromatic N) is 1. The van der Waals surface area contributed by atoms with Crippen molar-refractivity contribution in [2.75, 3.05) is 5.73 Å². The first kappa shape index (κ1) is 11.6. The molecule has 2 rings (SSSR count). The molecule has 2 N–H and O–H groups in total. The van der Waals surface area contributed by atoms with Gasteiger partial charge in [0.2, 0.25) is 0 Å². The minimum atomic E-state index is -0.235. The summed E-state index contributed by atoms with van der Waals surface area (Å²) in [6, 6.07) is 8.45. The van der Waals surface area contributed by atoms with E-state index in [4.69, 9.17) is 5.73 Å². The van der Waals surface area contributed by atoms with Crippen LogP contribution in [0.3, 0.4) is 0 Å². The minimum absolute atomic E-state index is 0.235. The second-order valence-corrected chi connectivity index (χ2v) is 4.36. The van der Waals surface area contributed by atoms with Crippen molar-refractivity contribution in [2.24, 2.45) is 0 Å². The highest BCUT2D eigenvalue weighted by atomic mass is 19.1. The zero-order chi connectivity index (χ0) is 12.4. The summed E-state index contributed by atoms with van der Waals surface area (Å²) in [6.07, 6.45) is 1.68. The van der Waals surface area contributed by atoms with Gasteiger partial charge in [-0.05, 0) is 41.3 Å². The van der Waals surface area contributed by atoms with Crippen LogP contribution in [-0.4, -0.2) is 4.98 Å². The highest BCUT2D eigenvalue weighted by Gasteiger charge is 2.10. The third-order valence-electron chi connectivity index (χ3n) is 2.73. The molecule has 0 radical (unpaired) electrons. The number of anilines is 1. The van der Waals surface area contributed by atoms with Gasteiger partial charge in [-0.25, -0.2) is 9.37 Å². The minimum Gasteiger partial charge on any atom is -0.384 e. The quantitative estimate of drug-likeness (QED) is 0.856. The van der Waals surface area contributed by atoms with Crippen LogP contribution in [0, 0.1) is 5.82 Å². The molecule has 0 aliphatic rings. The lowest BCUT2D eigenvalue weighted by Crippen LogP contribution is -1.95. The second kappa shape index (κ2) is 4.53. The van der Waals surface area contributed by atoms with E-state index in [-0.39, 0.29) is 5.82 Å². The normalized spacial score (nSPS) is 10.8. The fraction of sp³-hybridized carbons (Fsp3) is 0.214. The summed E-state index contributed by atoms with van der Waals surface area (Å²) >= 11 is 0. The summed E-state index contributed by atoms with van der Waals surface area (Å²) in [5.74, 6) is 0.570. The van der Waals surface area contributed by atoms with Crippen molar-refractivity contribution in [3.63, 3.8) is 0 Å². The van der Waals surface area contributed by atoms with Gasteiger partial charge in [-0.15, -0.1) is 0 Å². The number of nitrogens with two attached hydrogens (primary N) is 1. The van der Waals surface area contributed by atoms with E-state index < -0.39 is 0 Å². The lowest BCUT2D eigenvalue weighted by Gasteiger charge is -2.12. The zero-order valence-electron chi connectivity index (χ0n) is 9.94. The van der Waals surface area contributed by atoms with Crippen LogP contribution in [0.15, 0.2) is 36.5 Å². The van der Waals surface area contributed by atoms with Crippen molar-refractivity contribution in [2.45, 2.75) is 19.8 Å². The molecule has 1 heterocycles. The highest BCUT2D eigenvalue weighted by molar-refractivity contribution is 5.68. The number of nitrogen functional groups attached to an aromatic ring is 1. The van der Waals surface area contributed by atoms with Gasteiger partial charge in [0, 0.05) is 11.8 Å². The van der Waals surface area contributed by atoms with E-state index in [1.165, 1.54) is 6.07 Å². The number of benzene rings is 1. The monoisotopic (exact) mass is 230 g/mol. The first-order valence-corrected chi connectivity index (χ1v) is 5.59. The predicted molar refractivity (Wildman–Crippen MR) is 68.1 cm³/mol. The van der Waals surface area contributed by atoms with Crippen LogP contribution in [0.25, 0.3) is 11.1 Å². The molecule has 17 heavy (non-hydrogen) atoms. The lowest BCUT2D eigenvalue weighted by atomic mass is 9.93. The van der Waals surface area contributed by atoms with Gasteiger partial charge in [-0.3, -0.25) is 0 Å². The Morgan fingerprint density at radius 2 is 1.94 bits per heavy atom. The molecule has 2 nitrogen and oxygen atoms in total. The molecule has 2 aromatic rings. The van der Waals surface area contributed by atoms with Crippen molar-refractivity contribution in [3.05, 3.63) is 47.9 Å². The second-order valence-electron chi connectivity index (χ2n) is 4.36. The molecule has 0 aliphatic carbocycles. The van der Waals surface area contributed by atoms with Gasteiger partial charge >= 0.3 is 0 Å². The van der Waals surface area contributed by atoms with Crippen molar-refractivity contribution in [1.82, 2.24) is 4.98 Å². The molecule has 1 aromatic carbocycles. The summed E-state index contributed by atoms with van der Waals surface area (Å²) in [5, 5.41) is 0. The standard InChI is InChI=1S/C14H15FN2/c1-9(2)12-5-4-11(15)7-13(12)10-3-6-14(16)17-8-10/h3-9H,1-2H3,(H2,16,17). The van der Waals surface area contributed by atoms with Gasteiger partial charge in [-0.2, -0.15) is 0 Å². The maximum atomic E-state index is 13.3. The number of halogens is 1. The SMILES string of the molecule is CC(C)c1ccc(F)cc1-c1ccc(N)nc1. The van der Waals surface area contributed by atoms with Gasteiger partial charge in [0.05, 0.1) is 0 Å². The molecule has 1 aromatic heterocycles. The number of hydrogen-bond acceptors (Lipinski definition) is 2. The largest absolute Gasteiger partial charge is 0.384 e. The fourth-order valence-electron chi connectivity index (χ4n) is 1.85. The Bertz CT molecular complexity index is 518. The number of pyridine rings is 1. The molecule has 0 amide bonds. The molecule has 0 unspecified atom stereocenters. The van der Waals surface area contributed by atoms with Gasteiger partial charge in [-0.1, -0.05) is 19.9 Å². The Kier molecular flexibility index (Phi) is 3.09. The maximum Gasteiger partial charge on any atom is 0.123 e. The highest BCUT2D eigenvalue weighted by Crippen LogP contribution is 2.29. The first-order chi connectivity index (χ1) is 8.08. The Balaban J connectivity index is 2.56. The summed E-state index contributed by atoms with van der Waals surface area (Å²) in [7, 11) is 0. The van der Waals surface area contributed by atoms with Crippen molar-refractivity contribution in [3.8, 4) is 11.1 Å². The van der Waals surface area contributed by atoms with Crippen molar-refractivity contribution >= 4 is 5.82 Å². The third kappa shape index (κ3) is 2.44. The molecule has 0 atom stereocenters. The summed E-state index contributed by atoms with van der Waals surface area (Å²) in [5.41, 5.74) is 8.43. The molecule has 0 fully saturated rings. The van der Waals surface area contributed by atoms with Crippen LogP contribution in [0.1, 0.15) is 25.3 Å². The topological polar surface area (TPSA) is 38.9 Å².